The lowest BCUT2D eigenvalue weighted by Gasteiger charge is -2.16. The number of hydrogen-bond acceptors (Lipinski definition) is 6. The van der Waals surface area contributed by atoms with Gasteiger partial charge in [0.25, 0.3) is 5.91 Å². The second-order valence-electron chi connectivity index (χ2n) is 6.31. The van der Waals surface area contributed by atoms with Gasteiger partial charge in [0.1, 0.15) is 12.3 Å². The number of nitrogens with zero attached hydrogens (tertiary/aromatic N) is 1. The van der Waals surface area contributed by atoms with Gasteiger partial charge in [-0.2, -0.15) is 0 Å². The number of nitrogens with one attached hydrogen (secondary N) is 1. The summed E-state index contributed by atoms with van der Waals surface area (Å²) in [5, 5.41) is 3.08. The molecule has 0 atom stereocenters. The van der Waals surface area contributed by atoms with Crippen molar-refractivity contribution in [2.45, 2.75) is 0 Å². The van der Waals surface area contributed by atoms with Crippen molar-refractivity contribution in [3.63, 3.8) is 0 Å². The molecule has 0 radical (unpaired) electrons. The third-order valence-corrected chi connectivity index (χ3v) is 4.33. The lowest BCUT2D eigenvalue weighted by atomic mass is 10.2. The van der Waals surface area contributed by atoms with Crippen LogP contribution in [-0.4, -0.2) is 52.0 Å². The molecule has 7 nitrogen and oxygen atoms in total. The van der Waals surface area contributed by atoms with Gasteiger partial charge in [0.05, 0.1) is 31.9 Å². The Bertz CT molecular complexity index is 852. The molecule has 7 heteroatoms. The average molecular weight is 396 g/mol. The van der Waals surface area contributed by atoms with Crippen molar-refractivity contribution in [2.24, 2.45) is 0 Å². The molecule has 0 fully saturated rings. The number of para-hydroxylation sites is 2. The normalized spacial score (nSPS) is 13.7. The highest BCUT2D eigenvalue weighted by atomic mass is 16.6. The van der Waals surface area contributed by atoms with Gasteiger partial charge in [0.15, 0.2) is 0 Å². The Balaban J connectivity index is 1.73. The maximum atomic E-state index is 13.0. The van der Waals surface area contributed by atoms with Crippen LogP contribution in [0.25, 0.3) is 0 Å². The molecule has 0 saturated carbocycles. The molecule has 1 aliphatic heterocycles. The van der Waals surface area contributed by atoms with Crippen molar-refractivity contribution >= 4 is 23.3 Å². The van der Waals surface area contributed by atoms with E-state index in [4.69, 9.17) is 14.2 Å². The molecule has 0 aromatic heterocycles. The van der Waals surface area contributed by atoms with Crippen LogP contribution in [0, 0.1) is 0 Å². The average Bonchev–Trinajstić information content (AvgIpc) is 3.08. The molecule has 0 spiro atoms. The van der Waals surface area contributed by atoms with E-state index in [0.717, 1.165) is 11.4 Å². The summed E-state index contributed by atoms with van der Waals surface area (Å²) in [4.78, 5) is 27.3. The van der Waals surface area contributed by atoms with Crippen molar-refractivity contribution in [1.82, 2.24) is 0 Å². The zero-order valence-corrected chi connectivity index (χ0v) is 16.3. The van der Waals surface area contributed by atoms with Gasteiger partial charge < -0.3 is 24.4 Å². The number of carbonyl (C=O) groups is 2. The first-order valence-electron chi connectivity index (χ1n) is 9.36. The van der Waals surface area contributed by atoms with Gasteiger partial charge >= 0.3 is 5.97 Å². The molecule has 1 aliphatic rings. The number of benzene rings is 2. The highest BCUT2D eigenvalue weighted by Crippen LogP contribution is 2.27. The molecule has 2 aromatic rings. The molecule has 1 heterocycles. The van der Waals surface area contributed by atoms with Gasteiger partial charge in [0, 0.05) is 18.5 Å². The summed E-state index contributed by atoms with van der Waals surface area (Å²) in [5.74, 6) is -0.811. The number of carbonyl (C=O) groups excluding carboxylic acids is 2. The van der Waals surface area contributed by atoms with Crippen molar-refractivity contribution in [3.8, 4) is 0 Å². The van der Waals surface area contributed by atoms with E-state index in [1.807, 2.05) is 60.7 Å². The van der Waals surface area contributed by atoms with Crippen molar-refractivity contribution in [2.75, 3.05) is 50.3 Å². The maximum absolute atomic E-state index is 13.0. The first-order valence-corrected chi connectivity index (χ1v) is 9.36. The van der Waals surface area contributed by atoms with Crippen LogP contribution in [0.5, 0.6) is 0 Å². The summed E-state index contributed by atoms with van der Waals surface area (Å²) in [6.45, 7) is 1.41. The topological polar surface area (TPSA) is 77.1 Å². The van der Waals surface area contributed by atoms with Crippen molar-refractivity contribution in [1.29, 1.82) is 0 Å². The third-order valence-electron chi connectivity index (χ3n) is 4.33. The SMILES string of the molecule is COCCOCCOC(=O)C1=C(Nc2ccccc2)C(=O)N(c2ccccc2)C1. The summed E-state index contributed by atoms with van der Waals surface area (Å²) in [6, 6.07) is 18.5. The van der Waals surface area contributed by atoms with E-state index in [0.29, 0.717) is 18.8 Å². The smallest absolute Gasteiger partial charge is 0.338 e. The van der Waals surface area contributed by atoms with Crippen molar-refractivity contribution in [3.05, 3.63) is 71.9 Å². The molecule has 152 valence electrons. The number of hydrogen-bond donors (Lipinski definition) is 1. The fourth-order valence-corrected chi connectivity index (χ4v) is 2.88. The van der Waals surface area contributed by atoms with E-state index in [-0.39, 0.29) is 31.4 Å². The quantitative estimate of drug-likeness (QED) is 0.491. The van der Waals surface area contributed by atoms with Gasteiger partial charge in [-0.15, -0.1) is 0 Å². The van der Waals surface area contributed by atoms with Crippen LogP contribution in [0.1, 0.15) is 0 Å². The van der Waals surface area contributed by atoms with E-state index in [1.165, 1.54) is 0 Å². The van der Waals surface area contributed by atoms with Gasteiger partial charge in [-0.1, -0.05) is 36.4 Å². The Morgan fingerprint density at radius 3 is 2.31 bits per heavy atom. The van der Waals surface area contributed by atoms with E-state index in [2.05, 4.69) is 5.32 Å². The second kappa shape index (κ2) is 10.4. The standard InChI is InChI=1S/C22H24N2O5/c1-27-12-13-28-14-15-29-22(26)19-16-24(18-10-6-3-7-11-18)21(25)20(19)23-17-8-4-2-5-9-17/h2-11,23H,12-16H2,1H3. The molecular formula is C22H24N2O5. The van der Waals surface area contributed by atoms with Gasteiger partial charge in [-0.3, -0.25) is 4.79 Å². The minimum Gasteiger partial charge on any atom is -0.460 e. The summed E-state index contributed by atoms with van der Waals surface area (Å²) in [6.07, 6.45) is 0. The van der Waals surface area contributed by atoms with Crippen LogP contribution in [0.2, 0.25) is 0 Å². The Hall–Kier alpha value is -3.16. The maximum Gasteiger partial charge on any atom is 0.338 e. The highest BCUT2D eigenvalue weighted by molar-refractivity contribution is 6.16. The minimum absolute atomic E-state index is 0.101. The minimum atomic E-state index is -0.537. The molecule has 1 amide bonds. The molecule has 29 heavy (non-hydrogen) atoms. The summed E-state index contributed by atoms with van der Waals surface area (Å²) >= 11 is 0. The number of amides is 1. The predicted molar refractivity (Wildman–Crippen MR) is 110 cm³/mol. The van der Waals surface area contributed by atoms with E-state index in [9.17, 15) is 9.59 Å². The van der Waals surface area contributed by atoms with Crippen LogP contribution >= 0.6 is 0 Å². The van der Waals surface area contributed by atoms with E-state index < -0.39 is 5.97 Å². The van der Waals surface area contributed by atoms with Crippen LogP contribution in [0.4, 0.5) is 11.4 Å². The Kier molecular flexibility index (Phi) is 7.38. The Morgan fingerprint density at radius 1 is 0.966 bits per heavy atom. The molecular weight excluding hydrogens is 372 g/mol. The molecule has 0 saturated heterocycles. The highest BCUT2D eigenvalue weighted by Gasteiger charge is 2.35. The second-order valence-corrected chi connectivity index (χ2v) is 6.31. The van der Waals surface area contributed by atoms with Crippen LogP contribution in [-0.2, 0) is 23.8 Å². The molecule has 2 aromatic carbocycles. The third kappa shape index (κ3) is 5.43. The number of ether oxygens (including phenoxy) is 3. The van der Waals surface area contributed by atoms with Gasteiger partial charge in [-0.05, 0) is 24.3 Å². The summed E-state index contributed by atoms with van der Waals surface area (Å²) in [5.41, 5.74) is 1.96. The molecule has 0 bridgehead atoms. The fourth-order valence-electron chi connectivity index (χ4n) is 2.88. The van der Waals surface area contributed by atoms with E-state index in [1.54, 1.807) is 12.0 Å². The lowest BCUT2D eigenvalue weighted by molar-refractivity contribution is -0.140. The fraction of sp³-hybridized carbons (Fsp3) is 0.273. The molecule has 0 aliphatic carbocycles. The number of rotatable bonds is 10. The first kappa shape index (κ1) is 20.6. The molecule has 1 N–H and O–H groups in total. The van der Waals surface area contributed by atoms with Gasteiger partial charge in [-0.25, -0.2) is 4.79 Å². The largest absolute Gasteiger partial charge is 0.460 e. The predicted octanol–water partition coefficient (Wildman–Crippen LogP) is 2.61. The van der Waals surface area contributed by atoms with E-state index >= 15 is 0 Å². The molecule has 0 unspecified atom stereocenters. The van der Waals surface area contributed by atoms with Crippen LogP contribution in [0.3, 0.4) is 0 Å². The number of esters is 1. The van der Waals surface area contributed by atoms with Crippen LogP contribution < -0.4 is 10.2 Å². The lowest BCUT2D eigenvalue weighted by Crippen LogP contribution is -2.28. The summed E-state index contributed by atoms with van der Waals surface area (Å²) < 4.78 is 15.5. The van der Waals surface area contributed by atoms with Crippen molar-refractivity contribution < 1.29 is 23.8 Å². The first-order chi connectivity index (χ1) is 14.2. The zero-order chi connectivity index (χ0) is 20.5. The number of methoxy groups -OCH3 is 1. The monoisotopic (exact) mass is 396 g/mol. The molecule has 3 rings (SSSR count). The zero-order valence-electron chi connectivity index (χ0n) is 16.3. The Morgan fingerprint density at radius 2 is 1.62 bits per heavy atom. The van der Waals surface area contributed by atoms with Crippen LogP contribution in [0.15, 0.2) is 71.9 Å². The Labute approximate surface area is 169 Å². The summed E-state index contributed by atoms with van der Waals surface area (Å²) in [7, 11) is 1.59. The number of anilines is 2. The van der Waals surface area contributed by atoms with Gasteiger partial charge in [0.2, 0.25) is 0 Å².